The predicted octanol–water partition coefficient (Wildman–Crippen LogP) is 1.94. The molecule has 106 valence electrons. The van der Waals surface area contributed by atoms with E-state index in [9.17, 15) is 9.59 Å². The number of nitrogens with one attached hydrogen (secondary N) is 1. The third-order valence-electron chi connectivity index (χ3n) is 2.92. The maximum absolute atomic E-state index is 12.2. The molecule has 0 saturated heterocycles. The topological polar surface area (TPSA) is 74.9 Å². The van der Waals surface area contributed by atoms with E-state index in [0.717, 1.165) is 4.47 Å². The van der Waals surface area contributed by atoms with Crippen molar-refractivity contribution in [2.24, 2.45) is 0 Å². The second-order valence-corrected chi connectivity index (χ2v) is 5.28. The second kappa shape index (κ2) is 6.37. The number of rotatable bonds is 4. The summed E-state index contributed by atoms with van der Waals surface area (Å²) >= 11 is 3.30. The van der Waals surface area contributed by atoms with Gasteiger partial charge in [-0.2, -0.15) is 5.26 Å². The minimum atomic E-state index is -0.337. The lowest BCUT2D eigenvalue weighted by Gasteiger charge is -2.11. The van der Waals surface area contributed by atoms with Crippen LogP contribution in [-0.2, 0) is 11.3 Å². The van der Waals surface area contributed by atoms with E-state index in [1.807, 2.05) is 6.07 Å². The van der Waals surface area contributed by atoms with Crippen LogP contribution in [0.4, 0.5) is 0 Å². The summed E-state index contributed by atoms with van der Waals surface area (Å²) in [4.78, 5) is 24.0. The monoisotopic (exact) mass is 345 g/mol. The van der Waals surface area contributed by atoms with Crippen molar-refractivity contribution in [1.82, 2.24) is 9.88 Å². The number of carbonyl (C=O) groups excluding carboxylic acids is 1. The van der Waals surface area contributed by atoms with Crippen LogP contribution in [0.3, 0.4) is 0 Å². The highest BCUT2D eigenvalue weighted by molar-refractivity contribution is 9.10. The molecule has 0 radical (unpaired) electrons. The van der Waals surface area contributed by atoms with E-state index in [2.05, 4.69) is 27.8 Å². The van der Waals surface area contributed by atoms with Gasteiger partial charge >= 0.3 is 0 Å². The van der Waals surface area contributed by atoms with Gasteiger partial charge in [-0.15, -0.1) is 6.58 Å². The summed E-state index contributed by atoms with van der Waals surface area (Å²) < 4.78 is 2.34. The Bertz CT molecular complexity index is 818. The Kier molecular flexibility index (Phi) is 4.55. The molecule has 0 saturated carbocycles. The molecule has 5 nitrogen and oxygen atoms in total. The van der Waals surface area contributed by atoms with Crippen molar-refractivity contribution < 1.29 is 4.79 Å². The van der Waals surface area contributed by atoms with Crippen LogP contribution in [0.1, 0.15) is 5.56 Å². The predicted molar refractivity (Wildman–Crippen MR) is 83.8 cm³/mol. The fourth-order valence-corrected chi connectivity index (χ4v) is 2.34. The fraction of sp³-hybridized carbons (Fsp3) is 0.133. The number of aromatic nitrogens is 1. The van der Waals surface area contributed by atoms with E-state index in [-0.39, 0.29) is 23.4 Å². The molecule has 0 bridgehead atoms. The van der Waals surface area contributed by atoms with E-state index < -0.39 is 0 Å². The highest BCUT2D eigenvalue weighted by atomic mass is 79.9. The minimum Gasteiger partial charge on any atom is -0.351 e. The van der Waals surface area contributed by atoms with Gasteiger partial charge < -0.3 is 9.88 Å². The molecule has 0 aliphatic rings. The average molecular weight is 346 g/mol. The number of fused-ring (bicyclic) bond motifs is 1. The van der Waals surface area contributed by atoms with E-state index in [4.69, 9.17) is 5.26 Å². The van der Waals surface area contributed by atoms with Crippen LogP contribution in [0, 0.1) is 11.3 Å². The van der Waals surface area contributed by atoms with E-state index in [0.29, 0.717) is 17.4 Å². The Hall–Kier alpha value is -2.39. The number of nitriles is 1. The third kappa shape index (κ3) is 3.20. The number of pyridine rings is 1. The van der Waals surface area contributed by atoms with Crippen LogP contribution >= 0.6 is 15.9 Å². The first kappa shape index (κ1) is 15.0. The number of amides is 1. The van der Waals surface area contributed by atoms with Crippen molar-refractivity contribution in [2.75, 3.05) is 6.54 Å². The second-order valence-electron chi connectivity index (χ2n) is 4.37. The lowest BCUT2D eigenvalue weighted by atomic mass is 10.1. The number of halogens is 1. The average Bonchev–Trinajstić information content (AvgIpc) is 2.48. The fourth-order valence-electron chi connectivity index (χ4n) is 1.98. The van der Waals surface area contributed by atoms with Crippen molar-refractivity contribution in [3.8, 4) is 6.07 Å². The molecule has 1 N–H and O–H groups in total. The van der Waals surface area contributed by atoms with Crippen LogP contribution in [0.15, 0.2) is 46.3 Å². The van der Waals surface area contributed by atoms with Gasteiger partial charge in [0.25, 0.3) is 0 Å². The largest absolute Gasteiger partial charge is 0.351 e. The standard InChI is InChI=1S/C15H12BrN3O2/c1-2-5-18-14(20)9-19-8-10(7-17)15(21)12-6-11(16)3-4-13(12)19/h2-4,6,8H,1,5,9H2,(H,18,20). The Morgan fingerprint density at radius 3 is 2.95 bits per heavy atom. The first-order valence-electron chi connectivity index (χ1n) is 6.17. The molecule has 1 aromatic carbocycles. The molecular formula is C15H12BrN3O2. The van der Waals surface area contributed by atoms with Crippen molar-refractivity contribution in [2.45, 2.75) is 6.54 Å². The molecule has 0 atom stereocenters. The molecule has 1 heterocycles. The SMILES string of the molecule is C=CCNC(=O)Cn1cc(C#N)c(=O)c2cc(Br)ccc21. The Labute approximate surface area is 129 Å². The molecule has 0 spiro atoms. The quantitative estimate of drug-likeness (QED) is 0.860. The van der Waals surface area contributed by atoms with E-state index in [1.165, 1.54) is 6.20 Å². The highest BCUT2D eigenvalue weighted by Gasteiger charge is 2.11. The molecule has 2 rings (SSSR count). The Balaban J connectivity index is 2.55. The summed E-state index contributed by atoms with van der Waals surface area (Å²) in [6, 6.07) is 7.04. The zero-order chi connectivity index (χ0) is 15.4. The summed E-state index contributed by atoms with van der Waals surface area (Å²) in [6.45, 7) is 3.92. The molecule has 2 aromatic rings. The molecule has 0 unspecified atom stereocenters. The van der Waals surface area contributed by atoms with Crippen LogP contribution in [0.5, 0.6) is 0 Å². The van der Waals surface area contributed by atoms with Gasteiger partial charge in [-0.25, -0.2) is 0 Å². The number of hydrogen-bond acceptors (Lipinski definition) is 3. The van der Waals surface area contributed by atoms with Crippen LogP contribution in [-0.4, -0.2) is 17.0 Å². The van der Waals surface area contributed by atoms with Gasteiger partial charge in [0.15, 0.2) is 0 Å². The molecule has 0 fully saturated rings. The normalized spacial score (nSPS) is 10.1. The highest BCUT2D eigenvalue weighted by Crippen LogP contribution is 2.18. The first-order valence-corrected chi connectivity index (χ1v) is 6.96. The number of benzene rings is 1. The molecule has 0 aliphatic carbocycles. The smallest absolute Gasteiger partial charge is 0.240 e. The zero-order valence-corrected chi connectivity index (χ0v) is 12.7. The zero-order valence-electron chi connectivity index (χ0n) is 11.1. The molecule has 21 heavy (non-hydrogen) atoms. The summed E-state index contributed by atoms with van der Waals surface area (Å²) in [5.74, 6) is -0.216. The molecule has 6 heteroatoms. The Morgan fingerprint density at radius 1 is 1.52 bits per heavy atom. The van der Waals surface area contributed by atoms with Gasteiger partial charge in [0.2, 0.25) is 11.3 Å². The van der Waals surface area contributed by atoms with Crippen molar-refractivity contribution in [3.63, 3.8) is 0 Å². The van der Waals surface area contributed by atoms with Gasteiger partial charge in [-0.3, -0.25) is 9.59 Å². The van der Waals surface area contributed by atoms with Crippen molar-refractivity contribution in [1.29, 1.82) is 5.26 Å². The lowest BCUT2D eigenvalue weighted by molar-refractivity contribution is -0.121. The summed E-state index contributed by atoms with van der Waals surface area (Å²) in [7, 11) is 0. The maximum atomic E-state index is 12.2. The number of hydrogen-bond donors (Lipinski definition) is 1. The van der Waals surface area contributed by atoms with Gasteiger partial charge in [0.1, 0.15) is 18.2 Å². The summed E-state index contributed by atoms with van der Waals surface area (Å²) in [6.07, 6.45) is 2.99. The van der Waals surface area contributed by atoms with Gasteiger partial charge in [0, 0.05) is 22.6 Å². The Morgan fingerprint density at radius 2 is 2.29 bits per heavy atom. The summed E-state index contributed by atoms with van der Waals surface area (Å²) in [5.41, 5.74) is 0.282. The number of carbonyl (C=O) groups is 1. The first-order chi connectivity index (χ1) is 10.1. The van der Waals surface area contributed by atoms with Crippen LogP contribution in [0.25, 0.3) is 10.9 Å². The van der Waals surface area contributed by atoms with Gasteiger partial charge in [-0.05, 0) is 18.2 Å². The van der Waals surface area contributed by atoms with Gasteiger partial charge in [-0.1, -0.05) is 22.0 Å². The number of nitrogens with zero attached hydrogens (tertiary/aromatic N) is 2. The van der Waals surface area contributed by atoms with Crippen LogP contribution < -0.4 is 10.7 Å². The van der Waals surface area contributed by atoms with Crippen molar-refractivity contribution in [3.05, 3.63) is 57.3 Å². The van der Waals surface area contributed by atoms with Crippen LogP contribution in [0.2, 0.25) is 0 Å². The molecule has 0 aliphatic heterocycles. The van der Waals surface area contributed by atoms with Crippen molar-refractivity contribution >= 4 is 32.7 Å². The minimum absolute atomic E-state index is 0.0112. The van der Waals surface area contributed by atoms with E-state index >= 15 is 0 Å². The third-order valence-corrected chi connectivity index (χ3v) is 3.41. The molecule has 1 amide bonds. The molecule has 1 aromatic heterocycles. The maximum Gasteiger partial charge on any atom is 0.240 e. The lowest BCUT2D eigenvalue weighted by Crippen LogP contribution is -2.28. The van der Waals surface area contributed by atoms with E-state index in [1.54, 1.807) is 28.8 Å². The summed E-state index contributed by atoms with van der Waals surface area (Å²) in [5, 5.41) is 12.1. The molecular weight excluding hydrogens is 334 g/mol. The van der Waals surface area contributed by atoms with Gasteiger partial charge in [0.05, 0.1) is 5.52 Å².